The van der Waals surface area contributed by atoms with Crippen LogP contribution in [0.5, 0.6) is 0 Å². The molecule has 1 saturated carbocycles. The van der Waals surface area contributed by atoms with Crippen molar-refractivity contribution in [1.29, 1.82) is 0 Å². The molecule has 1 heterocycles. The first-order valence-electron chi connectivity index (χ1n) is 6.67. The van der Waals surface area contributed by atoms with E-state index < -0.39 is 0 Å². The van der Waals surface area contributed by atoms with Gasteiger partial charge in [0.05, 0.1) is 6.54 Å². The molecule has 0 bridgehead atoms. The molecule has 1 aliphatic carbocycles. The molecule has 1 amide bonds. The van der Waals surface area contributed by atoms with E-state index in [9.17, 15) is 4.79 Å². The van der Waals surface area contributed by atoms with Gasteiger partial charge in [-0.25, -0.2) is 0 Å². The molecule has 0 saturated heterocycles. The summed E-state index contributed by atoms with van der Waals surface area (Å²) in [5, 5.41) is 6.29. The monoisotopic (exact) mass is 262 g/mol. The molecule has 1 aromatic heterocycles. The third-order valence-corrected chi connectivity index (χ3v) is 3.45. The first-order valence-corrected chi connectivity index (χ1v) is 6.67. The summed E-state index contributed by atoms with van der Waals surface area (Å²) >= 11 is 0. The summed E-state index contributed by atoms with van der Waals surface area (Å²) in [5.74, 6) is 1.17. The molecule has 102 valence electrons. The molecule has 1 fully saturated rings. The molecule has 1 aliphatic rings. The normalized spacial score (nSPS) is 15.8. The summed E-state index contributed by atoms with van der Waals surface area (Å²) in [6.45, 7) is 0.845. The van der Waals surface area contributed by atoms with Gasteiger partial charge in [0.25, 0.3) is 5.91 Å². The van der Waals surface area contributed by atoms with E-state index in [0.29, 0.717) is 18.2 Å². The Morgan fingerprint density at radius 2 is 2.21 bits per heavy atom. The molecule has 19 heavy (non-hydrogen) atoms. The number of rotatable bonds is 5. The predicted molar refractivity (Wildman–Crippen MR) is 70.5 cm³/mol. The fraction of sp³-hybridized carbons (Fsp3) is 0.615. The predicted octanol–water partition coefficient (Wildman–Crippen LogP) is 3.40. The number of hydrogen-bond donors (Lipinski definition) is 1. The zero-order valence-electron chi connectivity index (χ0n) is 10.8. The van der Waals surface area contributed by atoms with E-state index in [2.05, 4.69) is 15.3 Å². The summed E-state index contributed by atoms with van der Waals surface area (Å²) in [4.78, 5) is 14.5. The van der Waals surface area contributed by atoms with Gasteiger partial charge in [-0.15, -0.1) is 0 Å². The van der Waals surface area contributed by atoms with E-state index in [1.807, 2.05) is 0 Å². The second kappa shape index (κ2) is 6.85. The third-order valence-electron chi connectivity index (χ3n) is 3.45. The van der Waals surface area contributed by atoms with E-state index in [1.165, 1.54) is 32.1 Å². The molecule has 0 radical (unpaired) electrons. The summed E-state index contributed by atoms with van der Waals surface area (Å²) in [5.41, 5.74) is 8.21. The van der Waals surface area contributed by atoms with Crippen LogP contribution in [0.25, 0.3) is 10.4 Å². The number of azide groups is 1. The fourth-order valence-electron chi connectivity index (χ4n) is 2.40. The Labute approximate surface area is 111 Å². The third kappa shape index (κ3) is 4.03. The maximum Gasteiger partial charge on any atom is 0.287 e. The van der Waals surface area contributed by atoms with Gasteiger partial charge < -0.3 is 9.73 Å². The van der Waals surface area contributed by atoms with Gasteiger partial charge in [0, 0.05) is 11.5 Å². The molecule has 0 aromatic carbocycles. The highest BCUT2D eigenvalue weighted by Gasteiger charge is 2.16. The molecule has 6 heteroatoms. The van der Waals surface area contributed by atoms with Crippen molar-refractivity contribution in [3.05, 3.63) is 34.1 Å². The Bertz CT molecular complexity index is 471. The average molecular weight is 262 g/mol. The number of amides is 1. The lowest BCUT2D eigenvalue weighted by Gasteiger charge is -2.21. The van der Waals surface area contributed by atoms with Crippen LogP contribution in [-0.4, -0.2) is 12.5 Å². The minimum atomic E-state index is -0.197. The lowest BCUT2D eigenvalue weighted by molar-refractivity contribution is 0.0914. The van der Waals surface area contributed by atoms with Gasteiger partial charge in [0.2, 0.25) is 0 Å². The second-order valence-electron chi connectivity index (χ2n) is 4.87. The van der Waals surface area contributed by atoms with Crippen LogP contribution < -0.4 is 5.32 Å². The van der Waals surface area contributed by atoms with Crippen molar-refractivity contribution in [3.63, 3.8) is 0 Å². The molecule has 0 aliphatic heterocycles. The number of hydrogen-bond acceptors (Lipinski definition) is 3. The van der Waals surface area contributed by atoms with Crippen molar-refractivity contribution in [2.45, 2.75) is 38.6 Å². The number of nitrogens with one attached hydrogen (secondary N) is 1. The van der Waals surface area contributed by atoms with Gasteiger partial charge in [0.15, 0.2) is 5.76 Å². The van der Waals surface area contributed by atoms with Crippen LogP contribution in [0.3, 0.4) is 0 Å². The Morgan fingerprint density at radius 3 is 2.95 bits per heavy atom. The zero-order valence-corrected chi connectivity index (χ0v) is 10.8. The lowest BCUT2D eigenvalue weighted by atomic mass is 9.89. The SMILES string of the molecule is [N-]=[N+]=NCc1ccc(C(=O)NCC2CCCCC2)o1. The minimum absolute atomic E-state index is 0.131. The second-order valence-corrected chi connectivity index (χ2v) is 4.87. The number of carbonyl (C=O) groups excluding carboxylic acids is 1. The topological polar surface area (TPSA) is 91.0 Å². The maximum atomic E-state index is 11.9. The van der Waals surface area contributed by atoms with Gasteiger partial charge in [0.1, 0.15) is 5.76 Å². The van der Waals surface area contributed by atoms with Crippen molar-refractivity contribution in [2.75, 3.05) is 6.54 Å². The van der Waals surface area contributed by atoms with Crippen LogP contribution >= 0.6 is 0 Å². The van der Waals surface area contributed by atoms with Crippen LogP contribution in [0.4, 0.5) is 0 Å². The summed E-state index contributed by atoms with van der Waals surface area (Å²) < 4.78 is 5.31. The minimum Gasteiger partial charge on any atom is -0.456 e. The van der Waals surface area contributed by atoms with Crippen LogP contribution in [0.2, 0.25) is 0 Å². The lowest BCUT2D eigenvalue weighted by Crippen LogP contribution is -2.29. The molecule has 0 spiro atoms. The molecule has 0 unspecified atom stereocenters. The largest absolute Gasteiger partial charge is 0.456 e. The molecule has 1 aromatic rings. The van der Waals surface area contributed by atoms with Crippen molar-refractivity contribution >= 4 is 5.91 Å². The highest BCUT2D eigenvalue weighted by atomic mass is 16.4. The van der Waals surface area contributed by atoms with Gasteiger partial charge in [-0.2, -0.15) is 0 Å². The molecular weight excluding hydrogens is 244 g/mol. The van der Waals surface area contributed by atoms with Crippen LogP contribution in [0, 0.1) is 5.92 Å². The number of furan rings is 1. The quantitative estimate of drug-likeness (QED) is 0.500. The van der Waals surface area contributed by atoms with Crippen molar-refractivity contribution in [2.24, 2.45) is 11.0 Å². The highest BCUT2D eigenvalue weighted by Crippen LogP contribution is 2.22. The molecule has 2 rings (SSSR count). The Hall–Kier alpha value is -1.94. The van der Waals surface area contributed by atoms with Gasteiger partial charge in [-0.1, -0.05) is 24.4 Å². The van der Waals surface area contributed by atoms with Gasteiger partial charge in [-0.05, 0) is 36.4 Å². The first-order chi connectivity index (χ1) is 9.29. The van der Waals surface area contributed by atoms with Gasteiger partial charge in [-0.3, -0.25) is 4.79 Å². The van der Waals surface area contributed by atoms with Crippen LogP contribution in [-0.2, 0) is 6.54 Å². The standard InChI is InChI=1S/C13H18N4O2/c14-17-16-9-11-6-7-12(19-11)13(18)15-8-10-4-2-1-3-5-10/h6-7,10H,1-5,8-9H2,(H,15,18). The van der Waals surface area contributed by atoms with E-state index in [4.69, 9.17) is 9.95 Å². The summed E-state index contributed by atoms with van der Waals surface area (Å²) in [6, 6.07) is 3.27. The maximum absolute atomic E-state index is 11.9. The molecular formula is C13H18N4O2. The van der Waals surface area contributed by atoms with Gasteiger partial charge >= 0.3 is 0 Å². The Kier molecular flexibility index (Phi) is 4.86. The zero-order chi connectivity index (χ0) is 13.5. The Balaban J connectivity index is 1.81. The summed E-state index contributed by atoms with van der Waals surface area (Å²) in [7, 11) is 0. The summed E-state index contributed by atoms with van der Waals surface area (Å²) in [6.07, 6.45) is 6.22. The first kappa shape index (κ1) is 13.5. The number of nitrogens with zero attached hydrogens (tertiary/aromatic N) is 3. The average Bonchev–Trinajstić information content (AvgIpc) is 2.92. The van der Waals surface area contributed by atoms with E-state index in [-0.39, 0.29) is 18.2 Å². The van der Waals surface area contributed by atoms with E-state index >= 15 is 0 Å². The number of carbonyl (C=O) groups is 1. The molecule has 6 nitrogen and oxygen atoms in total. The van der Waals surface area contributed by atoms with Crippen molar-refractivity contribution < 1.29 is 9.21 Å². The van der Waals surface area contributed by atoms with Crippen LogP contribution in [0.1, 0.15) is 48.4 Å². The van der Waals surface area contributed by atoms with Crippen molar-refractivity contribution in [1.82, 2.24) is 5.32 Å². The Morgan fingerprint density at radius 1 is 1.42 bits per heavy atom. The highest BCUT2D eigenvalue weighted by molar-refractivity contribution is 5.91. The van der Waals surface area contributed by atoms with Crippen LogP contribution in [0.15, 0.2) is 21.7 Å². The molecule has 1 N–H and O–H groups in total. The smallest absolute Gasteiger partial charge is 0.287 e. The molecule has 0 atom stereocenters. The van der Waals surface area contributed by atoms with E-state index in [0.717, 1.165) is 0 Å². The van der Waals surface area contributed by atoms with E-state index in [1.54, 1.807) is 12.1 Å². The fourth-order valence-corrected chi connectivity index (χ4v) is 2.40. The van der Waals surface area contributed by atoms with Crippen molar-refractivity contribution in [3.8, 4) is 0 Å².